The third kappa shape index (κ3) is 4.17. The van der Waals surface area contributed by atoms with Crippen LogP contribution in [0.2, 0.25) is 0 Å². The van der Waals surface area contributed by atoms with Crippen molar-refractivity contribution in [2.45, 2.75) is 20.0 Å². The Hall–Kier alpha value is -3.12. The summed E-state index contributed by atoms with van der Waals surface area (Å²) in [4.78, 5) is 21.0. The number of likely N-dealkylation sites (N-methyl/N-ethyl adjacent to an activating group) is 2. The summed E-state index contributed by atoms with van der Waals surface area (Å²) in [5.41, 5.74) is 4.00. The Morgan fingerprint density at radius 1 is 1.38 bits per heavy atom. The van der Waals surface area contributed by atoms with E-state index >= 15 is 0 Å². The lowest BCUT2D eigenvalue weighted by molar-refractivity contribution is -0.125. The summed E-state index contributed by atoms with van der Waals surface area (Å²) >= 11 is 0. The number of nitrogens with one attached hydrogen (secondary N) is 1. The maximum absolute atomic E-state index is 12.6. The quantitative estimate of drug-likeness (QED) is 0.689. The van der Waals surface area contributed by atoms with Crippen molar-refractivity contribution in [3.63, 3.8) is 0 Å². The maximum Gasteiger partial charge on any atom is 0.246 e. The Morgan fingerprint density at radius 2 is 2.21 bits per heavy atom. The summed E-state index contributed by atoms with van der Waals surface area (Å²) in [5.74, 6) is 1.67. The molecule has 0 spiro atoms. The van der Waals surface area contributed by atoms with Crippen LogP contribution in [-0.4, -0.2) is 47.9 Å². The minimum atomic E-state index is -0.0740. The van der Waals surface area contributed by atoms with Crippen LogP contribution >= 0.6 is 0 Å². The molecule has 0 aliphatic carbocycles. The van der Waals surface area contributed by atoms with Crippen molar-refractivity contribution in [1.82, 2.24) is 14.8 Å². The molecule has 1 N–H and O–H groups in total. The number of benzene rings is 1. The number of aromatic nitrogens is 1. The average Bonchev–Trinajstić information content (AvgIpc) is 2.90. The van der Waals surface area contributed by atoms with Gasteiger partial charge in [-0.1, -0.05) is 18.2 Å². The molecule has 0 saturated heterocycles. The Balaban J connectivity index is 1.45. The van der Waals surface area contributed by atoms with E-state index in [2.05, 4.69) is 28.3 Å². The number of carbonyl (C=O) groups is 1. The lowest BCUT2D eigenvalue weighted by atomic mass is 10.1. The van der Waals surface area contributed by atoms with Crippen LogP contribution < -0.4 is 5.32 Å². The number of rotatable bonds is 4. The molecule has 1 amide bonds. The number of hydrogen-bond donors (Lipinski definition) is 1. The van der Waals surface area contributed by atoms with E-state index in [1.54, 1.807) is 24.2 Å². The first-order chi connectivity index (χ1) is 14.0. The van der Waals surface area contributed by atoms with E-state index in [4.69, 9.17) is 4.42 Å². The second-order valence-corrected chi connectivity index (χ2v) is 7.61. The number of fused-ring (bicyclic) bond motifs is 2. The van der Waals surface area contributed by atoms with E-state index in [0.29, 0.717) is 6.54 Å². The number of pyridine rings is 1. The molecule has 1 aromatic carbocycles. The largest absolute Gasteiger partial charge is 0.459 e. The molecule has 1 aliphatic rings. The van der Waals surface area contributed by atoms with Gasteiger partial charge >= 0.3 is 0 Å². The molecule has 2 aromatic heterocycles. The van der Waals surface area contributed by atoms with Crippen LogP contribution in [0.15, 0.2) is 47.0 Å². The van der Waals surface area contributed by atoms with Crippen molar-refractivity contribution >= 4 is 28.8 Å². The fourth-order valence-electron chi connectivity index (χ4n) is 3.60. The van der Waals surface area contributed by atoms with Crippen LogP contribution in [-0.2, 0) is 17.9 Å². The molecule has 29 heavy (non-hydrogen) atoms. The van der Waals surface area contributed by atoms with Crippen LogP contribution in [0.3, 0.4) is 0 Å². The molecule has 0 fully saturated rings. The van der Waals surface area contributed by atoms with Crippen molar-refractivity contribution in [3.8, 4) is 0 Å². The maximum atomic E-state index is 12.6. The zero-order valence-corrected chi connectivity index (χ0v) is 17.1. The predicted molar refractivity (Wildman–Crippen MR) is 116 cm³/mol. The highest BCUT2D eigenvalue weighted by atomic mass is 16.3. The highest BCUT2D eigenvalue weighted by molar-refractivity contribution is 5.91. The summed E-state index contributed by atoms with van der Waals surface area (Å²) in [6, 6.07) is 10.0. The van der Waals surface area contributed by atoms with Gasteiger partial charge in [-0.3, -0.25) is 4.79 Å². The Bertz CT molecular complexity index is 1070. The summed E-state index contributed by atoms with van der Waals surface area (Å²) < 4.78 is 5.93. The first-order valence-corrected chi connectivity index (χ1v) is 9.83. The van der Waals surface area contributed by atoms with Gasteiger partial charge in [0, 0.05) is 55.5 Å². The molecular formula is C23H26N4O2. The summed E-state index contributed by atoms with van der Waals surface area (Å²) in [6.45, 7) is 5.17. The van der Waals surface area contributed by atoms with Gasteiger partial charge < -0.3 is 19.5 Å². The molecular weight excluding hydrogens is 364 g/mol. The molecule has 4 rings (SSSR count). The SMILES string of the molecule is Cc1c(CN(C)C(=O)/C=C/c2cnc3c(c2)CN(C)CCN3)oc2ccccc12. The number of hydrogen-bond acceptors (Lipinski definition) is 5. The van der Waals surface area contributed by atoms with Gasteiger partial charge in [-0.05, 0) is 37.7 Å². The normalized spacial score (nSPS) is 14.6. The summed E-state index contributed by atoms with van der Waals surface area (Å²) in [5, 5.41) is 4.44. The van der Waals surface area contributed by atoms with E-state index in [1.165, 1.54) is 0 Å². The molecule has 150 valence electrons. The highest BCUT2D eigenvalue weighted by Gasteiger charge is 2.15. The number of aryl methyl sites for hydroxylation is 1. The number of furan rings is 1. The zero-order valence-electron chi connectivity index (χ0n) is 17.1. The number of anilines is 1. The van der Waals surface area contributed by atoms with Crippen molar-refractivity contribution in [1.29, 1.82) is 0 Å². The molecule has 1 aliphatic heterocycles. The standard InChI is InChI=1S/C23H26N4O2/c1-16-19-6-4-5-7-20(19)29-21(16)15-27(3)22(28)9-8-17-12-18-14-26(2)11-10-24-23(18)25-13-17/h4-9,12-13H,10-11,14-15H2,1-3H3,(H,24,25)/b9-8+. The van der Waals surface area contributed by atoms with Gasteiger partial charge in [0.15, 0.2) is 0 Å². The molecule has 0 atom stereocenters. The number of nitrogens with zero attached hydrogens (tertiary/aromatic N) is 3. The molecule has 0 saturated carbocycles. The second kappa shape index (κ2) is 8.09. The van der Waals surface area contributed by atoms with Crippen molar-refractivity contribution in [3.05, 3.63) is 65.1 Å². The van der Waals surface area contributed by atoms with E-state index < -0.39 is 0 Å². The summed E-state index contributed by atoms with van der Waals surface area (Å²) in [7, 11) is 3.88. The minimum Gasteiger partial charge on any atom is -0.459 e. The van der Waals surface area contributed by atoms with Crippen molar-refractivity contribution < 1.29 is 9.21 Å². The Morgan fingerprint density at radius 3 is 3.03 bits per heavy atom. The third-order valence-electron chi connectivity index (χ3n) is 5.33. The van der Waals surface area contributed by atoms with Gasteiger partial charge in [0.05, 0.1) is 6.54 Å². The molecule has 3 aromatic rings. The topological polar surface area (TPSA) is 61.6 Å². The van der Waals surface area contributed by atoms with Gasteiger partial charge in [-0.25, -0.2) is 4.98 Å². The molecule has 6 heteroatoms. The Kier molecular flexibility index (Phi) is 5.36. The van der Waals surface area contributed by atoms with E-state index in [0.717, 1.165) is 58.9 Å². The van der Waals surface area contributed by atoms with E-state index in [-0.39, 0.29) is 5.91 Å². The fraction of sp³-hybridized carbons (Fsp3) is 0.304. The van der Waals surface area contributed by atoms with Crippen LogP contribution in [0.4, 0.5) is 5.82 Å². The van der Waals surface area contributed by atoms with Crippen LogP contribution in [0.5, 0.6) is 0 Å². The lowest BCUT2D eigenvalue weighted by Gasteiger charge is -2.14. The van der Waals surface area contributed by atoms with Crippen molar-refractivity contribution in [2.75, 3.05) is 32.5 Å². The van der Waals surface area contributed by atoms with Crippen LogP contribution in [0.25, 0.3) is 17.0 Å². The Labute approximate surface area is 170 Å². The monoisotopic (exact) mass is 390 g/mol. The fourth-order valence-corrected chi connectivity index (χ4v) is 3.60. The van der Waals surface area contributed by atoms with Gasteiger partial charge in [-0.15, -0.1) is 0 Å². The number of amides is 1. The predicted octanol–water partition coefficient (Wildman–Crippen LogP) is 3.67. The molecule has 0 radical (unpaired) electrons. The summed E-state index contributed by atoms with van der Waals surface area (Å²) in [6.07, 6.45) is 5.21. The number of carbonyl (C=O) groups excluding carboxylic acids is 1. The molecule has 3 heterocycles. The first-order valence-electron chi connectivity index (χ1n) is 9.83. The van der Waals surface area contributed by atoms with Crippen LogP contribution in [0, 0.1) is 6.92 Å². The smallest absolute Gasteiger partial charge is 0.246 e. The van der Waals surface area contributed by atoms with Crippen molar-refractivity contribution in [2.24, 2.45) is 0 Å². The van der Waals surface area contributed by atoms with Gasteiger partial charge in [0.1, 0.15) is 17.2 Å². The van der Waals surface area contributed by atoms with E-state index in [1.807, 2.05) is 37.3 Å². The van der Waals surface area contributed by atoms with Gasteiger partial charge in [0.25, 0.3) is 0 Å². The average molecular weight is 390 g/mol. The molecule has 0 unspecified atom stereocenters. The highest BCUT2D eigenvalue weighted by Crippen LogP contribution is 2.26. The molecule has 0 bridgehead atoms. The zero-order chi connectivity index (χ0) is 20.4. The third-order valence-corrected chi connectivity index (χ3v) is 5.33. The molecule has 6 nitrogen and oxygen atoms in total. The minimum absolute atomic E-state index is 0.0740. The van der Waals surface area contributed by atoms with E-state index in [9.17, 15) is 4.79 Å². The second-order valence-electron chi connectivity index (χ2n) is 7.61. The lowest BCUT2D eigenvalue weighted by Crippen LogP contribution is -2.24. The van der Waals surface area contributed by atoms with Gasteiger partial charge in [-0.2, -0.15) is 0 Å². The van der Waals surface area contributed by atoms with Gasteiger partial charge in [0.2, 0.25) is 5.91 Å². The first kappa shape index (κ1) is 19.2. The van der Waals surface area contributed by atoms with Crippen LogP contribution in [0.1, 0.15) is 22.5 Å². The number of para-hydroxylation sites is 1.